The van der Waals surface area contributed by atoms with E-state index in [1.807, 2.05) is 25.3 Å². The van der Waals surface area contributed by atoms with Gasteiger partial charge in [0.05, 0.1) is 34.3 Å². The van der Waals surface area contributed by atoms with Crippen LogP contribution in [0.5, 0.6) is 17.4 Å². The molecular weight excluding hydrogens is 935 g/mol. The van der Waals surface area contributed by atoms with E-state index >= 15 is 0 Å². The van der Waals surface area contributed by atoms with Crippen molar-refractivity contribution in [3.63, 3.8) is 0 Å². The van der Waals surface area contributed by atoms with Crippen molar-refractivity contribution < 1.29 is 32.7 Å². The largest absolute Gasteiger partial charge is 0.481 e. The summed E-state index contributed by atoms with van der Waals surface area (Å²) in [6, 6.07) is 25.9. The van der Waals surface area contributed by atoms with E-state index in [4.69, 9.17) is 9.47 Å². The first kappa shape index (κ1) is 49.0. The zero-order valence-electron chi connectivity index (χ0n) is 41.2. The number of hydrogen-bond acceptors (Lipinski definition) is 14. The molecule has 1 spiro atoms. The van der Waals surface area contributed by atoms with Gasteiger partial charge in [0, 0.05) is 105 Å². The summed E-state index contributed by atoms with van der Waals surface area (Å²) >= 11 is 0. The average Bonchev–Trinajstić information content (AvgIpc) is 3.81. The molecule has 4 N–H and O–H groups in total. The molecule has 0 unspecified atom stereocenters. The van der Waals surface area contributed by atoms with Crippen molar-refractivity contribution in [3.8, 4) is 17.4 Å². The predicted molar refractivity (Wildman–Crippen MR) is 275 cm³/mol. The third-order valence-electron chi connectivity index (χ3n) is 15.4. The van der Waals surface area contributed by atoms with Crippen molar-refractivity contribution in [2.45, 2.75) is 94.3 Å². The van der Waals surface area contributed by atoms with E-state index in [0.29, 0.717) is 48.6 Å². The summed E-state index contributed by atoms with van der Waals surface area (Å²) in [5.41, 5.74) is 4.55. The molecule has 3 aromatic heterocycles. The van der Waals surface area contributed by atoms with Crippen LogP contribution in [-0.4, -0.2) is 107 Å². The minimum absolute atomic E-state index is 0.0372. The van der Waals surface area contributed by atoms with Crippen molar-refractivity contribution >= 4 is 44.0 Å². The Morgan fingerprint density at radius 1 is 0.986 bits per heavy atom. The zero-order chi connectivity index (χ0) is 50.4. The topological polar surface area (TPSA) is 208 Å². The fourth-order valence-electron chi connectivity index (χ4n) is 11.4. The van der Waals surface area contributed by atoms with Crippen LogP contribution in [0, 0.1) is 21.4 Å². The van der Waals surface area contributed by atoms with E-state index in [0.717, 1.165) is 87.7 Å². The summed E-state index contributed by atoms with van der Waals surface area (Å²) in [7, 11) is -2.96. The van der Waals surface area contributed by atoms with Crippen molar-refractivity contribution in [2.75, 3.05) is 56.6 Å². The van der Waals surface area contributed by atoms with Gasteiger partial charge in [-0.3, -0.25) is 24.7 Å². The SMILES string of the molecule is COc1ccc(CN2CCN(C3CC4(C3)CN(c3ccc(C(=O)NS(=O)(=O)c5ccc(NCC6CCC(C)(O)CC6)c([N+](=O)[O-])c5)c(Oc5cnc6[nH]ccc6c5)c3)C4)[C@H](c3ccccc3C(C)C)C2)cn1. The maximum atomic E-state index is 14.1. The van der Waals surface area contributed by atoms with E-state index in [-0.39, 0.29) is 34.4 Å². The van der Waals surface area contributed by atoms with Crippen LogP contribution in [0.25, 0.3) is 11.0 Å². The Morgan fingerprint density at radius 3 is 2.51 bits per heavy atom. The molecule has 378 valence electrons. The first-order chi connectivity index (χ1) is 34.5. The molecular formula is C54H63N9O8S. The standard InChI is InChI=1S/C54H63N9O8S/c1-35(2)43-7-5-6-8-44(43)48-32-60(31-37-9-14-50(70-4)57-29-37)21-22-62(48)40-26-54(27-40)33-61(34-54)39-10-12-45(49(24-39)71-41-23-38-17-20-55-51(38)58-30-41)52(64)59-72(68,69)42-11-13-46(47(25-42)63(66)67)56-28-36-15-18-53(3,65)19-16-36/h5-14,17,20,23-25,29-30,35-36,40,48,56,65H,15-16,18-19,21-22,26-28,31-34H2,1-4H3,(H,55,58)(H,59,64)/t36?,48-,53?/m0/s1. The Labute approximate surface area is 420 Å². The van der Waals surface area contributed by atoms with Gasteiger partial charge in [0.2, 0.25) is 5.88 Å². The number of pyridine rings is 2. The van der Waals surface area contributed by atoms with Crippen LogP contribution in [0.1, 0.15) is 98.3 Å². The third kappa shape index (κ3) is 10.4. The van der Waals surface area contributed by atoms with Gasteiger partial charge >= 0.3 is 0 Å². The number of anilines is 2. The Morgan fingerprint density at radius 2 is 1.78 bits per heavy atom. The number of sulfonamides is 1. The highest BCUT2D eigenvalue weighted by atomic mass is 32.2. The molecule has 1 atom stereocenters. The lowest BCUT2D eigenvalue weighted by atomic mass is 9.59. The van der Waals surface area contributed by atoms with Gasteiger partial charge in [0.25, 0.3) is 21.6 Å². The monoisotopic (exact) mass is 997 g/mol. The molecule has 0 bridgehead atoms. The van der Waals surface area contributed by atoms with Crippen molar-refractivity contribution in [3.05, 3.63) is 136 Å². The number of aromatic amines is 1. The minimum Gasteiger partial charge on any atom is -0.481 e. The van der Waals surface area contributed by atoms with Gasteiger partial charge in [-0.2, -0.15) is 0 Å². The van der Waals surface area contributed by atoms with Crippen molar-refractivity contribution in [2.24, 2.45) is 11.3 Å². The summed E-state index contributed by atoms with van der Waals surface area (Å²) in [4.78, 5) is 44.7. The van der Waals surface area contributed by atoms with Gasteiger partial charge < -0.3 is 29.8 Å². The first-order valence-electron chi connectivity index (χ1n) is 24.9. The summed E-state index contributed by atoms with van der Waals surface area (Å²) in [5.74, 6) is 0.727. The zero-order valence-corrected chi connectivity index (χ0v) is 42.0. The van der Waals surface area contributed by atoms with Gasteiger partial charge in [-0.25, -0.2) is 23.1 Å². The number of H-pyrrole nitrogens is 1. The third-order valence-corrected chi connectivity index (χ3v) is 16.7. The van der Waals surface area contributed by atoms with Gasteiger partial charge in [0.1, 0.15) is 22.8 Å². The molecule has 2 saturated carbocycles. The number of piperazine rings is 1. The number of nitrogens with zero attached hydrogens (tertiary/aromatic N) is 6. The number of carbonyl (C=O) groups excluding carboxylic acids is 1. The molecule has 17 nitrogen and oxygen atoms in total. The van der Waals surface area contributed by atoms with E-state index in [2.05, 4.69) is 83.9 Å². The predicted octanol–water partition coefficient (Wildman–Crippen LogP) is 8.79. The van der Waals surface area contributed by atoms with Crippen LogP contribution < -0.4 is 24.4 Å². The molecule has 1 amide bonds. The smallest absolute Gasteiger partial charge is 0.293 e. The Balaban J connectivity index is 0.839. The number of carbonyl (C=O) groups is 1. The fourth-order valence-corrected chi connectivity index (χ4v) is 12.4. The minimum atomic E-state index is -4.59. The highest BCUT2D eigenvalue weighted by Crippen LogP contribution is 2.54. The number of ether oxygens (including phenoxy) is 2. The molecule has 4 aliphatic rings. The summed E-state index contributed by atoms with van der Waals surface area (Å²) < 4.78 is 41.5. The number of hydrogen-bond donors (Lipinski definition) is 4. The number of benzene rings is 3. The normalized spacial score (nSPS) is 21.6. The molecule has 72 heavy (non-hydrogen) atoms. The maximum absolute atomic E-state index is 14.1. The number of nitrogens with one attached hydrogen (secondary N) is 3. The molecule has 6 aromatic rings. The molecule has 4 fully saturated rings. The lowest BCUT2D eigenvalue weighted by Gasteiger charge is -2.63. The van der Waals surface area contributed by atoms with E-state index in [1.54, 1.807) is 37.6 Å². The second kappa shape index (κ2) is 19.8. The molecule has 18 heteroatoms. The van der Waals surface area contributed by atoms with Crippen LogP contribution >= 0.6 is 0 Å². The van der Waals surface area contributed by atoms with E-state index < -0.39 is 37.0 Å². The number of nitro benzene ring substituents is 1. The number of aromatic nitrogens is 3. The number of amides is 1. The van der Waals surface area contributed by atoms with Crippen molar-refractivity contribution in [1.82, 2.24) is 29.5 Å². The lowest BCUT2D eigenvalue weighted by molar-refractivity contribution is -0.384. The van der Waals surface area contributed by atoms with Gasteiger partial charge in [0.15, 0.2) is 0 Å². The Hall–Kier alpha value is -6.60. The Kier molecular flexibility index (Phi) is 13.5. The number of methoxy groups -OCH3 is 1. The van der Waals surface area contributed by atoms with Crippen LogP contribution in [0.4, 0.5) is 17.1 Å². The fraction of sp³-hybridized carbons (Fsp3) is 0.426. The van der Waals surface area contributed by atoms with Crippen LogP contribution in [0.15, 0.2) is 108 Å². The molecule has 0 radical (unpaired) electrons. The summed E-state index contributed by atoms with van der Waals surface area (Å²) in [5, 5.41) is 26.5. The van der Waals surface area contributed by atoms with Crippen LogP contribution in [0.2, 0.25) is 0 Å². The molecule has 2 saturated heterocycles. The second-order valence-corrected chi connectivity index (χ2v) is 22.6. The number of fused-ring (bicyclic) bond motifs is 1. The quantitative estimate of drug-likeness (QED) is 0.0528. The highest BCUT2D eigenvalue weighted by Gasteiger charge is 2.55. The Bertz CT molecular complexity index is 3070. The molecule has 2 aliphatic heterocycles. The van der Waals surface area contributed by atoms with Crippen LogP contribution in [0.3, 0.4) is 0 Å². The number of rotatable bonds is 16. The van der Waals surface area contributed by atoms with Crippen molar-refractivity contribution in [1.29, 1.82) is 0 Å². The van der Waals surface area contributed by atoms with Gasteiger partial charge in [-0.05, 0) is 110 Å². The second-order valence-electron chi connectivity index (χ2n) is 21.0. The maximum Gasteiger partial charge on any atom is 0.293 e. The van der Waals surface area contributed by atoms with Gasteiger partial charge in [-0.15, -0.1) is 0 Å². The van der Waals surface area contributed by atoms with Gasteiger partial charge in [-0.1, -0.05) is 44.2 Å². The highest BCUT2D eigenvalue weighted by molar-refractivity contribution is 7.90. The molecule has 5 heterocycles. The number of nitro groups is 1. The average molecular weight is 998 g/mol. The number of aliphatic hydroxyl groups is 1. The summed E-state index contributed by atoms with van der Waals surface area (Å²) in [6.45, 7) is 12.1. The van der Waals surface area contributed by atoms with Crippen LogP contribution in [-0.2, 0) is 16.6 Å². The molecule has 2 aliphatic carbocycles. The molecule has 10 rings (SSSR count). The lowest BCUT2D eigenvalue weighted by Crippen LogP contribution is -2.68. The molecule has 3 aromatic carbocycles. The summed E-state index contributed by atoms with van der Waals surface area (Å²) in [6.07, 6.45) is 10.1. The van der Waals surface area contributed by atoms with E-state index in [1.165, 1.54) is 29.5 Å². The first-order valence-corrected chi connectivity index (χ1v) is 26.4. The van der Waals surface area contributed by atoms with E-state index in [9.17, 15) is 28.4 Å².